The van der Waals surface area contributed by atoms with Crippen LogP contribution in [0.1, 0.15) is 25.1 Å². The maximum absolute atomic E-state index is 7.64. The van der Waals surface area contributed by atoms with E-state index in [2.05, 4.69) is 40.8 Å². The van der Waals surface area contributed by atoms with Gasteiger partial charge in [-0.15, -0.1) is 0 Å². The molecule has 0 atom stereocenters. The average molecular weight is 269 g/mol. The Hall–Kier alpha value is -2.43. The van der Waals surface area contributed by atoms with Crippen LogP contribution in [-0.2, 0) is 6.54 Å². The predicted molar refractivity (Wildman–Crippen MR) is 80.8 cm³/mol. The molecule has 2 aromatic rings. The Labute approximate surface area is 119 Å². The molecule has 0 unspecified atom stereocenters. The number of aromatic nitrogens is 2. The third-order valence-corrected chi connectivity index (χ3v) is 3.03. The number of nitrogen functional groups attached to an aromatic ring is 1. The zero-order valence-electron chi connectivity index (χ0n) is 11.7. The number of nitrogens with two attached hydrogens (primary N) is 1. The van der Waals surface area contributed by atoms with Crippen LogP contribution in [0.2, 0.25) is 0 Å². The Balaban J connectivity index is 2.37. The van der Waals surface area contributed by atoms with Crippen LogP contribution in [0.25, 0.3) is 0 Å². The van der Waals surface area contributed by atoms with E-state index in [1.54, 1.807) is 12.4 Å². The minimum absolute atomic E-state index is 0.0631. The summed E-state index contributed by atoms with van der Waals surface area (Å²) >= 11 is 0. The van der Waals surface area contributed by atoms with Gasteiger partial charge in [-0.25, -0.2) is 9.97 Å². The lowest BCUT2D eigenvalue weighted by Crippen LogP contribution is -2.33. The van der Waals surface area contributed by atoms with Gasteiger partial charge in [-0.3, -0.25) is 5.41 Å². The number of rotatable bonds is 5. The van der Waals surface area contributed by atoms with Gasteiger partial charge in [0.05, 0.1) is 0 Å². The fourth-order valence-corrected chi connectivity index (χ4v) is 2.01. The van der Waals surface area contributed by atoms with Crippen LogP contribution in [0, 0.1) is 5.41 Å². The Morgan fingerprint density at radius 1 is 1.20 bits per heavy atom. The van der Waals surface area contributed by atoms with Crippen molar-refractivity contribution < 1.29 is 0 Å². The van der Waals surface area contributed by atoms with Crippen molar-refractivity contribution in [3.63, 3.8) is 0 Å². The number of hydrogen-bond donors (Lipinski definition) is 2. The molecule has 1 heterocycles. The first-order valence-electron chi connectivity index (χ1n) is 6.55. The molecule has 5 heteroatoms. The number of amidine groups is 1. The number of benzene rings is 1. The molecule has 5 nitrogen and oxygen atoms in total. The fraction of sp³-hybridized carbons (Fsp3) is 0.267. The van der Waals surface area contributed by atoms with E-state index >= 15 is 0 Å². The number of hydrogen-bond acceptors (Lipinski definition) is 4. The predicted octanol–water partition coefficient (Wildman–Crippen LogP) is 2.18. The highest BCUT2D eigenvalue weighted by Crippen LogP contribution is 2.20. The van der Waals surface area contributed by atoms with Crippen LogP contribution in [0.3, 0.4) is 0 Å². The molecule has 0 aliphatic rings. The van der Waals surface area contributed by atoms with E-state index < -0.39 is 0 Å². The molecular weight excluding hydrogens is 250 g/mol. The molecule has 0 fully saturated rings. The smallest absolute Gasteiger partial charge is 0.158 e. The van der Waals surface area contributed by atoms with Gasteiger partial charge in [0, 0.05) is 25.0 Å². The quantitative estimate of drug-likeness (QED) is 0.644. The van der Waals surface area contributed by atoms with E-state index in [4.69, 9.17) is 11.1 Å². The SMILES string of the molecule is CC(C)N(Cc1ccccc1)c1nccnc1C(=N)N. The molecule has 1 aromatic heterocycles. The van der Waals surface area contributed by atoms with Crippen molar-refractivity contribution in [2.75, 3.05) is 4.90 Å². The topological polar surface area (TPSA) is 78.9 Å². The third kappa shape index (κ3) is 3.12. The second-order valence-corrected chi connectivity index (χ2v) is 4.85. The lowest BCUT2D eigenvalue weighted by atomic mass is 10.2. The Morgan fingerprint density at radius 2 is 1.85 bits per heavy atom. The lowest BCUT2D eigenvalue weighted by Gasteiger charge is -2.29. The molecule has 0 saturated heterocycles. The standard InChI is InChI=1S/C15H19N5/c1-11(2)20(10-12-6-4-3-5-7-12)15-13(14(16)17)18-8-9-19-15/h3-9,11H,10H2,1-2H3,(H3,16,17). The summed E-state index contributed by atoms with van der Waals surface area (Å²) in [6, 6.07) is 10.4. The van der Waals surface area contributed by atoms with E-state index in [-0.39, 0.29) is 11.9 Å². The molecule has 0 spiro atoms. The summed E-state index contributed by atoms with van der Waals surface area (Å²) in [7, 11) is 0. The van der Waals surface area contributed by atoms with Crippen LogP contribution < -0.4 is 10.6 Å². The molecule has 0 amide bonds. The molecule has 0 saturated carbocycles. The molecule has 0 aliphatic heterocycles. The number of nitrogens with zero attached hydrogens (tertiary/aromatic N) is 3. The molecule has 0 radical (unpaired) electrons. The summed E-state index contributed by atoms with van der Waals surface area (Å²) in [6.07, 6.45) is 3.18. The average Bonchev–Trinajstić information content (AvgIpc) is 2.45. The molecule has 104 valence electrons. The molecule has 2 rings (SSSR count). The summed E-state index contributed by atoms with van der Waals surface area (Å²) in [6.45, 7) is 4.88. The molecule has 0 aliphatic carbocycles. The van der Waals surface area contributed by atoms with Crippen molar-refractivity contribution in [3.8, 4) is 0 Å². The van der Waals surface area contributed by atoms with Crippen LogP contribution in [0.4, 0.5) is 5.82 Å². The van der Waals surface area contributed by atoms with Crippen molar-refractivity contribution in [1.29, 1.82) is 5.41 Å². The van der Waals surface area contributed by atoms with Gasteiger partial charge in [0.15, 0.2) is 5.82 Å². The van der Waals surface area contributed by atoms with Gasteiger partial charge in [0.2, 0.25) is 0 Å². The van der Waals surface area contributed by atoms with Crippen LogP contribution in [0.15, 0.2) is 42.7 Å². The van der Waals surface area contributed by atoms with E-state index in [0.29, 0.717) is 18.1 Å². The maximum atomic E-state index is 7.64. The van der Waals surface area contributed by atoms with E-state index in [9.17, 15) is 0 Å². The third-order valence-electron chi connectivity index (χ3n) is 3.03. The molecule has 3 N–H and O–H groups in total. The van der Waals surface area contributed by atoms with Crippen LogP contribution >= 0.6 is 0 Å². The van der Waals surface area contributed by atoms with Crippen molar-refractivity contribution in [3.05, 3.63) is 54.0 Å². The Kier molecular flexibility index (Phi) is 4.30. The van der Waals surface area contributed by atoms with Gasteiger partial charge in [0.25, 0.3) is 0 Å². The molecule has 20 heavy (non-hydrogen) atoms. The first kappa shape index (κ1) is 14.0. The van der Waals surface area contributed by atoms with Crippen molar-refractivity contribution in [2.24, 2.45) is 5.73 Å². The number of anilines is 1. The van der Waals surface area contributed by atoms with Gasteiger partial charge < -0.3 is 10.6 Å². The summed E-state index contributed by atoms with van der Waals surface area (Å²) < 4.78 is 0. The molecular formula is C15H19N5. The van der Waals surface area contributed by atoms with Gasteiger partial charge >= 0.3 is 0 Å². The van der Waals surface area contributed by atoms with Gasteiger partial charge in [-0.1, -0.05) is 30.3 Å². The highest BCUT2D eigenvalue weighted by molar-refractivity contribution is 5.97. The summed E-state index contributed by atoms with van der Waals surface area (Å²) in [5, 5.41) is 7.64. The van der Waals surface area contributed by atoms with Crippen molar-refractivity contribution in [1.82, 2.24) is 9.97 Å². The number of nitrogens with one attached hydrogen (secondary N) is 1. The van der Waals surface area contributed by atoms with Gasteiger partial charge in [0.1, 0.15) is 11.5 Å². The largest absolute Gasteiger partial charge is 0.382 e. The normalized spacial score (nSPS) is 10.6. The highest BCUT2D eigenvalue weighted by Gasteiger charge is 2.18. The molecule has 0 bridgehead atoms. The zero-order chi connectivity index (χ0) is 14.5. The second-order valence-electron chi connectivity index (χ2n) is 4.85. The van der Waals surface area contributed by atoms with Gasteiger partial charge in [-0.2, -0.15) is 0 Å². The lowest BCUT2D eigenvalue weighted by molar-refractivity contribution is 0.669. The van der Waals surface area contributed by atoms with E-state index in [1.807, 2.05) is 18.2 Å². The van der Waals surface area contributed by atoms with Crippen LogP contribution in [-0.4, -0.2) is 21.8 Å². The Morgan fingerprint density at radius 3 is 2.45 bits per heavy atom. The van der Waals surface area contributed by atoms with E-state index in [1.165, 1.54) is 5.56 Å². The summed E-state index contributed by atoms with van der Waals surface area (Å²) in [5.41, 5.74) is 7.21. The van der Waals surface area contributed by atoms with Crippen molar-refractivity contribution >= 4 is 11.7 Å². The van der Waals surface area contributed by atoms with Gasteiger partial charge in [-0.05, 0) is 19.4 Å². The van der Waals surface area contributed by atoms with Crippen molar-refractivity contribution in [2.45, 2.75) is 26.4 Å². The fourth-order valence-electron chi connectivity index (χ4n) is 2.01. The zero-order valence-corrected chi connectivity index (χ0v) is 11.7. The summed E-state index contributed by atoms with van der Waals surface area (Å²) in [4.78, 5) is 10.6. The molecule has 1 aromatic carbocycles. The minimum atomic E-state index is -0.0631. The van der Waals surface area contributed by atoms with Crippen LogP contribution in [0.5, 0.6) is 0 Å². The first-order valence-corrected chi connectivity index (χ1v) is 6.55. The van der Waals surface area contributed by atoms with E-state index in [0.717, 1.165) is 0 Å². The highest BCUT2D eigenvalue weighted by atomic mass is 15.2. The second kappa shape index (κ2) is 6.14. The monoisotopic (exact) mass is 269 g/mol. The maximum Gasteiger partial charge on any atom is 0.158 e. The Bertz CT molecular complexity index is 580. The minimum Gasteiger partial charge on any atom is -0.382 e. The summed E-state index contributed by atoms with van der Waals surface area (Å²) in [5.74, 6) is 0.589. The first-order chi connectivity index (χ1) is 9.59.